The summed E-state index contributed by atoms with van der Waals surface area (Å²) in [6, 6.07) is 3.95. The lowest BCUT2D eigenvalue weighted by molar-refractivity contribution is 0.0910. The second-order valence-corrected chi connectivity index (χ2v) is 5.25. The highest BCUT2D eigenvalue weighted by Gasteiger charge is 2.13. The Morgan fingerprint density at radius 3 is 2.61 bits per heavy atom. The maximum atomic E-state index is 12.0. The van der Waals surface area contributed by atoms with Crippen molar-refractivity contribution in [3.63, 3.8) is 0 Å². The van der Waals surface area contributed by atoms with Crippen LogP contribution < -0.4 is 5.32 Å². The van der Waals surface area contributed by atoms with Gasteiger partial charge in [-0.05, 0) is 38.3 Å². The summed E-state index contributed by atoms with van der Waals surface area (Å²) in [7, 11) is 0. The van der Waals surface area contributed by atoms with Crippen LogP contribution in [0.2, 0.25) is 0 Å². The summed E-state index contributed by atoms with van der Waals surface area (Å²) in [5.74, 6) is 0.145. The van der Waals surface area contributed by atoms with Crippen LogP contribution in [0.3, 0.4) is 0 Å². The summed E-state index contributed by atoms with van der Waals surface area (Å²) >= 11 is 0. The van der Waals surface area contributed by atoms with Crippen LogP contribution in [0.1, 0.15) is 50.6 Å². The van der Waals surface area contributed by atoms with Crippen LogP contribution >= 0.6 is 0 Å². The first-order valence-corrected chi connectivity index (χ1v) is 6.56. The largest absolute Gasteiger partial charge is 0.393 e. The minimum absolute atomic E-state index is 0.0790. The molecule has 4 heteroatoms. The average Bonchev–Trinajstić information content (AvgIpc) is 2.77. The summed E-state index contributed by atoms with van der Waals surface area (Å²) in [6.07, 6.45) is 2.14. The first-order chi connectivity index (χ1) is 8.43. The van der Waals surface area contributed by atoms with Gasteiger partial charge in [-0.2, -0.15) is 0 Å². The Balaban J connectivity index is 2.48. The summed E-state index contributed by atoms with van der Waals surface area (Å²) in [4.78, 5) is 12.0. The van der Waals surface area contributed by atoms with Gasteiger partial charge in [0.1, 0.15) is 5.69 Å². The molecule has 0 aliphatic rings. The molecule has 0 bridgehead atoms. The van der Waals surface area contributed by atoms with Crippen molar-refractivity contribution in [1.29, 1.82) is 0 Å². The molecule has 18 heavy (non-hydrogen) atoms. The van der Waals surface area contributed by atoms with E-state index in [-0.39, 0.29) is 24.0 Å². The molecule has 102 valence electrons. The number of rotatable bonds is 6. The fourth-order valence-electron chi connectivity index (χ4n) is 1.79. The van der Waals surface area contributed by atoms with Gasteiger partial charge in [-0.1, -0.05) is 13.8 Å². The second kappa shape index (κ2) is 6.59. The molecule has 2 N–H and O–H groups in total. The standard InChI is InChI=1S/C14H24N2O2/c1-10(2)13(17)7-8-15-14(18)12-6-5-9-16(12)11(3)4/h5-6,9-11,13,17H,7-8H2,1-4H3,(H,15,18). The van der Waals surface area contributed by atoms with Crippen molar-refractivity contribution in [1.82, 2.24) is 9.88 Å². The topological polar surface area (TPSA) is 54.3 Å². The molecule has 1 aromatic heterocycles. The Morgan fingerprint density at radius 2 is 2.06 bits per heavy atom. The number of nitrogens with zero attached hydrogens (tertiary/aromatic N) is 1. The van der Waals surface area contributed by atoms with E-state index in [1.54, 1.807) is 0 Å². The zero-order valence-electron chi connectivity index (χ0n) is 11.7. The Bertz CT molecular complexity index is 383. The molecular weight excluding hydrogens is 228 g/mol. The number of aromatic nitrogens is 1. The van der Waals surface area contributed by atoms with E-state index in [9.17, 15) is 9.90 Å². The molecular formula is C14H24N2O2. The van der Waals surface area contributed by atoms with Crippen LogP contribution in [0.5, 0.6) is 0 Å². The van der Waals surface area contributed by atoms with Gasteiger partial charge >= 0.3 is 0 Å². The van der Waals surface area contributed by atoms with E-state index in [2.05, 4.69) is 5.32 Å². The Hall–Kier alpha value is -1.29. The number of aliphatic hydroxyl groups excluding tert-OH is 1. The van der Waals surface area contributed by atoms with Crippen molar-refractivity contribution >= 4 is 5.91 Å². The number of carbonyl (C=O) groups is 1. The van der Waals surface area contributed by atoms with Crippen molar-refractivity contribution in [3.05, 3.63) is 24.0 Å². The molecule has 1 atom stereocenters. The molecule has 0 fully saturated rings. The van der Waals surface area contributed by atoms with Gasteiger partial charge in [0.05, 0.1) is 6.10 Å². The van der Waals surface area contributed by atoms with E-state index in [0.29, 0.717) is 18.7 Å². The molecule has 0 saturated carbocycles. The Kier molecular flexibility index (Phi) is 5.41. The molecule has 0 saturated heterocycles. The maximum absolute atomic E-state index is 12.0. The van der Waals surface area contributed by atoms with Crippen molar-refractivity contribution in [2.45, 2.75) is 46.3 Å². The number of aliphatic hydroxyl groups is 1. The van der Waals surface area contributed by atoms with E-state index in [1.165, 1.54) is 0 Å². The molecule has 0 aliphatic carbocycles. The third-order valence-corrected chi connectivity index (χ3v) is 3.06. The summed E-state index contributed by atoms with van der Waals surface area (Å²) in [5, 5.41) is 12.5. The number of amides is 1. The highest BCUT2D eigenvalue weighted by atomic mass is 16.3. The minimum atomic E-state index is -0.359. The van der Waals surface area contributed by atoms with Crippen LogP contribution in [0, 0.1) is 5.92 Å². The lowest BCUT2D eigenvalue weighted by Crippen LogP contribution is -2.30. The van der Waals surface area contributed by atoms with Gasteiger partial charge < -0.3 is 15.0 Å². The van der Waals surface area contributed by atoms with Crippen LogP contribution in [-0.4, -0.2) is 28.2 Å². The van der Waals surface area contributed by atoms with Crippen LogP contribution in [-0.2, 0) is 0 Å². The van der Waals surface area contributed by atoms with E-state index >= 15 is 0 Å². The van der Waals surface area contributed by atoms with Gasteiger partial charge in [0.25, 0.3) is 5.91 Å². The molecule has 0 aliphatic heterocycles. The van der Waals surface area contributed by atoms with Crippen molar-refractivity contribution < 1.29 is 9.90 Å². The second-order valence-electron chi connectivity index (χ2n) is 5.25. The third-order valence-electron chi connectivity index (χ3n) is 3.06. The fourth-order valence-corrected chi connectivity index (χ4v) is 1.79. The first-order valence-electron chi connectivity index (χ1n) is 6.56. The van der Waals surface area contributed by atoms with Crippen LogP contribution in [0.25, 0.3) is 0 Å². The van der Waals surface area contributed by atoms with Crippen LogP contribution in [0.15, 0.2) is 18.3 Å². The molecule has 1 rings (SSSR count). The van der Waals surface area contributed by atoms with Gasteiger partial charge in [0, 0.05) is 18.8 Å². The van der Waals surface area contributed by atoms with Gasteiger partial charge in [0.15, 0.2) is 0 Å². The monoisotopic (exact) mass is 252 g/mol. The Labute approximate surface area is 109 Å². The fraction of sp³-hybridized carbons (Fsp3) is 0.643. The van der Waals surface area contributed by atoms with Crippen molar-refractivity contribution in [3.8, 4) is 0 Å². The molecule has 4 nitrogen and oxygen atoms in total. The van der Waals surface area contributed by atoms with E-state index in [0.717, 1.165) is 0 Å². The molecule has 0 aromatic carbocycles. The van der Waals surface area contributed by atoms with Crippen molar-refractivity contribution in [2.24, 2.45) is 5.92 Å². The first kappa shape index (κ1) is 14.8. The maximum Gasteiger partial charge on any atom is 0.267 e. The smallest absolute Gasteiger partial charge is 0.267 e. The normalized spacial score (nSPS) is 13.1. The van der Waals surface area contributed by atoms with Crippen LogP contribution in [0.4, 0.5) is 0 Å². The number of carbonyl (C=O) groups excluding carboxylic acids is 1. The zero-order valence-corrected chi connectivity index (χ0v) is 11.7. The van der Waals surface area contributed by atoms with E-state index < -0.39 is 0 Å². The van der Waals surface area contributed by atoms with Gasteiger partial charge in [-0.3, -0.25) is 4.79 Å². The minimum Gasteiger partial charge on any atom is -0.393 e. The number of hydrogen-bond donors (Lipinski definition) is 2. The molecule has 1 unspecified atom stereocenters. The summed E-state index contributed by atoms with van der Waals surface area (Å²) in [6.45, 7) is 8.52. The highest BCUT2D eigenvalue weighted by Crippen LogP contribution is 2.10. The molecule has 1 amide bonds. The lowest BCUT2D eigenvalue weighted by atomic mass is 10.0. The quantitative estimate of drug-likeness (QED) is 0.815. The number of nitrogens with one attached hydrogen (secondary N) is 1. The molecule has 1 heterocycles. The van der Waals surface area contributed by atoms with Gasteiger partial charge in [0.2, 0.25) is 0 Å². The predicted molar refractivity (Wildman–Crippen MR) is 72.6 cm³/mol. The predicted octanol–water partition coefficient (Wildman–Crippen LogP) is 2.21. The van der Waals surface area contributed by atoms with E-state index in [1.807, 2.05) is 50.6 Å². The van der Waals surface area contributed by atoms with Gasteiger partial charge in [-0.25, -0.2) is 0 Å². The van der Waals surface area contributed by atoms with Crippen molar-refractivity contribution in [2.75, 3.05) is 6.54 Å². The molecule has 1 aromatic rings. The SMILES string of the molecule is CC(C)C(O)CCNC(=O)c1cccn1C(C)C. The highest BCUT2D eigenvalue weighted by molar-refractivity contribution is 5.92. The molecule has 0 spiro atoms. The average molecular weight is 252 g/mol. The Morgan fingerprint density at radius 1 is 1.39 bits per heavy atom. The van der Waals surface area contributed by atoms with E-state index in [4.69, 9.17) is 0 Å². The third kappa shape index (κ3) is 3.88. The summed E-state index contributed by atoms with van der Waals surface area (Å²) in [5.41, 5.74) is 0.670. The molecule has 0 radical (unpaired) electrons. The summed E-state index contributed by atoms with van der Waals surface area (Å²) < 4.78 is 1.94. The lowest BCUT2D eigenvalue weighted by Gasteiger charge is -2.16. The van der Waals surface area contributed by atoms with Gasteiger partial charge in [-0.15, -0.1) is 0 Å². The number of hydrogen-bond acceptors (Lipinski definition) is 2. The zero-order chi connectivity index (χ0) is 13.7.